The Morgan fingerprint density at radius 3 is 2.57 bits per heavy atom. The van der Waals surface area contributed by atoms with E-state index in [2.05, 4.69) is 10.0 Å². The fourth-order valence-electron chi connectivity index (χ4n) is 2.75. The van der Waals surface area contributed by atoms with Gasteiger partial charge < -0.3 is 9.73 Å². The van der Waals surface area contributed by atoms with Crippen molar-refractivity contribution in [1.82, 2.24) is 10.0 Å². The summed E-state index contributed by atoms with van der Waals surface area (Å²) in [5, 5.41) is 3.81. The molecule has 1 atom stereocenters. The SMILES string of the molecule is C[C@@H](NC(=O)CCCNS(=O)(=O)c1ccc(F)cc1)c1cc2ccccc2o1. The van der Waals surface area contributed by atoms with Crippen LogP contribution in [0.2, 0.25) is 0 Å². The molecule has 0 bridgehead atoms. The third-order valence-corrected chi connectivity index (χ3v) is 5.72. The Morgan fingerprint density at radius 1 is 1.14 bits per heavy atom. The maximum atomic E-state index is 12.9. The summed E-state index contributed by atoms with van der Waals surface area (Å²) in [6.07, 6.45) is 0.496. The van der Waals surface area contributed by atoms with Gasteiger partial charge in [-0.3, -0.25) is 4.79 Å². The van der Waals surface area contributed by atoms with Gasteiger partial charge in [0.15, 0.2) is 0 Å². The molecule has 0 unspecified atom stereocenters. The van der Waals surface area contributed by atoms with E-state index in [0.717, 1.165) is 23.1 Å². The van der Waals surface area contributed by atoms with Gasteiger partial charge in [0.1, 0.15) is 17.2 Å². The summed E-state index contributed by atoms with van der Waals surface area (Å²) in [5.41, 5.74) is 0.758. The highest BCUT2D eigenvalue weighted by atomic mass is 32.2. The molecule has 0 saturated heterocycles. The number of nitrogens with one attached hydrogen (secondary N) is 2. The molecular weight excluding hydrogens is 383 g/mol. The fraction of sp³-hybridized carbons (Fsp3) is 0.250. The van der Waals surface area contributed by atoms with Crippen LogP contribution in [0.25, 0.3) is 11.0 Å². The van der Waals surface area contributed by atoms with Crippen molar-refractivity contribution in [3.8, 4) is 0 Å². The van der Waals surface area contributed by atoms with Crippen molar-refractivity contribution >= 4 is 26.9 Å². The molecule has 0 aliphatic heterocycles. The molecular formula is C20H21FN2O4S. The molecule has 1 amide bonds. The number of carbonyl (C=O) groups excluding carboxylic acids is 1. The molecule has 148 valence electrons. The average Bonchev–Trinajstić information content (AvgIpc) is 3.10. The highest BCUT2D eigenvalue weighted by Crippen LogP contribution is 2.23. The molecule has 0 spiro atoms. The molecule has 3 rings (SSSR count). The van der Waals surface area contributed by atoms with E-state index in [1.807, 2.05) is 37.3 Å². The van der Waals surface area contributed by atoms with E-state index in [4.69, 9.17) is 4.42 Å². The Hall–Kier alpha value is -2.71. The predicted octanol–water partition coefficient (Wildman–Crippen LogP) is 3.51. The lowest BCUT2D eigenvalue weighted by molar-refractivity contribution is -0.121. The van der Waals surface area contributed by atoms with E-state index in [0.29, 0.717) is 12.2 Å². The van der Waals surface area contributed by atoms with Gasteiger partial charge in [0, 0.05) is 18.4 Å². The second-order valence-corrected chi connectivity index (χ2v) is 8.20. The zero-order chi connectivity index (χ0) is 20.1. The van der Waals surface area contributed by atoms with E-state index in [1.165, 1.54) is 12.1 Å². The fourth-order valence-corrected chi connectivity index (χ4v) is 3.83. The maximum absolute atomic E-state index is 12.9. The number of rotatable bonds is 8. The van der Waals surface area contributed by atoms with Crippen molar-refractivity contribution < 1.29 is 22.0 Å². The standard InChI is InChI=1S/C20H21FN2O4S/c1-14(19-13-15-5-2-3-6-18(15)27-19)23-20(24)7-4-12-22-28(25,26)17-10-8-16(21)9-11-17/h2-3,5-6,8-11,13-14,22H,4,7,12H2,1H3,(H,23,24)/t14-/m1/s1. The summed E-state index contributed by atoms with van der Waals surface area (Å²) in [5.74, 6) is -0.0466. The minimum Gasteiger partial charge on any atom is -0.459 e. The molecule has 2 N–H and O–H groups in total. The summed E-state index contributed by atoms with van der Waals surface area (Å²) in [6.45, 7) is 1.93. The third-order valence-electron chi connectivity index (χ3n) is 4.25. The van der Waals surface area contributed by atoms with Gasteiger partial charge in [-0.2, -0.15) is 0 Å². The summed E-state index contributed by atoms with van der Waals surface area (Å²) in [7, 11) is -3.72. The lowest BCUT2D eigenvalue weighted by Gasteiger charge is -2.11. The number of hydrogen-bond donors (Lipinski definition) is 2. The molecule has 3 aromatic rings. The van der Waals surface area contributed by atoms with Crippen molar-refractivity contribution in [1.29, 1.82) is 0 Å². The Morgan fingerprint density at radius 2 is 1.86 bits per heavy atom. The van der Waals surface area contributed by atoms with Gasteiger partial charge in [0.2, 0.25) is 15.9 Å². The smallest absolute Gasteiger partial charge is 0.240 e. The molecule has 0 radical (unpaired) electrons. The van der Waals surface area contributed by atoms with Gasteiger partial charge in [0.05, 0.1) is 10.9 Å². The monoisotopic (exact) mass is 404 g/mol. The number of amides is 1. The van der Waals surface area contributed by atoms with Gasteiger partial charge in [-0.05, 0) is 49.7 Å². The highest BCUT2D eigenvalue weighted by Gasteiger charge is 2.16. The number of para-hydroxylation sites is 1. The minimum atomic E-state index is -3.72. The molecule has 0 fully saturated rings. The Labute approximate surface area is 162 Å². The molecule has 8 heteroatoms. The van der Waals surface area contributed by atoms with Crippen LogP contribution in [0.15, 0.2) is 63.9 Å². The van der Waals surface area contributed by atoms with Gasteiger partial charge in [0.25, 0.3) is 0 Å². The number of fused-ring (bicyclic) bond motifs is 1. The molecule has 2 aromatic carbocycles. The molecule has 1 heterocycles. The van der Waals surface area contributed by atoms with Crippen LogP contribution in [0.4, 0.5) is 4.39 Å². The molecule has 28 heavy (non-hydrogen) atoms. The van der Waals surface area contributed by atoms with Crippen LogP contribution in [0.3, 0.4) is 0 Å². The third kappa shape index (κ3) is 4.96. The lowest BCUT2D eigenvalue weighted by atomic mass is 10.2. The Bertz CT molecular complexity index is 1030. The van der Waals surface area contributed by atoms with Crippen LogP contribution in [0.5, 0.6) is 0 Å². The quantitative estimate of drug-likeness (QED) is 0.563. The van der Waals surface area contributed by atoms with Crippen molar-refractivity contribution in [3.63, 3.8) is 0 Å². The van der Waals surface area contributed by atoms with Crippen molar-refractivity contribution in [2.45, 2.75) is 30.7 Å². The number of halogens is 1. The minimum absolute atomic E-state index is 0.0168. The topological polar surface area (TPSA) is 88.4 Å². The predicted molar refractivity (Wildman–Crippen MR) is 104 cm³/mol. The first kappa shape index (κ1) is 20.0. The second kappa shape index (κ2) is 8.53. The zero-order valence-corrected chi connectivity index (χ0v) is 16.1. The van der Waals surface area contributed by atoms with E-state index in [9.17, 15) is 17.6 Å². The van der Waals surface area contributed by atoms with Crippen LogP contribution in [0, 0.1) is 5.82 Å². The maximum Gasteiger partial charge on any atom is 0.240 e. The summed E-state index contributed by atoms with van der Waals surface area (Å²) in [4.78, 5) is 12.1. The lowest BCUT2D eigenvalue weighted by Crippen LogP contribution is -2.29. The number of hydrogen-bond acceptors (Lipinski definition) is 4. The zero-order valence-electron chi connectivity index (χ0n) is 15.3. The summed E-state index contributed by atoms with van der Waals surface area (Å²) in [6, 6.07) is 13.7. The first-order valence-electron chi connectivity index (χ1n) is 8.88. The molecule has 0 saturated carbocycles. The Kier molecular flexibility index (Phi) is 6.11. The number of furan rings is 1. The van der Waals surface area contributed by atoms with E-state index >= 15 is 0 Å². The van der Waals surface area contributed by atoms with Gasteiger partial charge in [-0.15, -0.1) is 0 Å². The highest BCUT2D eigenvalue weighted by molar-refractivity contribution is 7.89. The largest absolute Gasteiger partial charge is 0.459 e. The van der Waals surface area contributed by atoms with Crippen molar-refractivity contribution in [2.75, 3.05) is 6.54 Å². The summed E-state index contributed by atoms with van der Waals surface area (Å²) >= 11 is 0. The number of benzene rings is 2. The number of carbonyl (C=O) groups is 1. The Balaban J connectivity index is 1.45. The van der Waals surface area contributed by atoms with Crippen LogP contribution < -0.4 is 10.0 Å². The van der Waals surface area contributed by atoms with E-state index in [-0.39, 0.29) is 29.8 Å². The van der Waals surface area contributed by atoms with Crippen LogP contribution >= 0.6 is 0 Å². The summed E-state index contributed by atoms with van der Waals surface area (Å²) < 4.78 is 45.2. The molecule has 1 aromatic heterocycles. The average molecular weight is 404 g/mol. The second-order valence-electron chi connectivity index (χ2n) is 6.43. The van der Waals surface area contributed by atoms with Gasteiger partial charge >= 0.3 is 0 Å². The van der Waals surface area contributed by atoms with Gasteiger partial charge in [-0.25, -0.2) is 17.5 Å². The van der Waals surface area contributed by atoms with Crippen molar-refractivity contribution in [2.24, 2.45) is 0 Å². The molecule has 0 aliphatic carbocycles. The molecule has 0 aliphatic rings. The molecule has 6 nitrogen and oxygen atoms in total. The first-order valence-corrected chi connectivity index (χ1v) is 10.4. The van der Waals surface area contributed by atoms with Gasteiger partial charge in [-0.1, -0.05) is 18.2 Å². The van der Waals surface area contributed by atoms with Crippen LogP contribution in [-0.4, -0.2) is 20.9 Å². The van der Waals surface area contributed by atoms with Crippen molar-refractivity contribution in [3.05, 3.63) is 66.2 Å². The van der Waals surface area contributed by atoms with E-state index < -0.39 is 15.8 Å². The van der Waals surface area contributed by atoms with E-state index in [1.54, 1.807) is 0 Å². The first-order chi connectivity index (χ1) is 13.3. The normalized spacial score (nSPS) is 12.8. The van der Waals surface area contributed by atoms with Crippen LogP contribution in [0.1, 0.15) is 31.6 Å². The van der Waals surface area contributed by atoms with Crippen LogP contribution in [-0.2, 0) is 14.8 Å². The number of sulfonamides is 1.